The van der Waals surface area contributed by atoms with Gasteiger partial charge in [0.05, 0.1) is 6.61 Å². The monoisotopic (exact) mass is 285 g/mol. The van der Waals surface area contributed by atoms with E-state index < -0.39 is 0 Å². The zero-order valence-electron chi connectivity index (χ0n) is 11.7. The molecular weight excluding hydrogens is 266 g/mol. The van der Waals surface area contributed by atoms with Crippen LogP contribution in [0.5, 0.6) is 11.5 Å². The van der Waals surface area contributed by atoms with Gasteiger partial charge in [0.25, 0.3) is 0 Å². The lowest BCUT2D eigenvalue weighted by atomic mass is 10.0. The van der Waals surface area contributed by atoms with Gasteiger partial charge in [0.2, 0.25) is 0 Å². The first-order valence-corrected chi connectivity index (χ1v) is 7.16. The molecule has 0 radical (unpaired) electrons. The normalized spacial score (nSPS) is 19.9. The molecule has 4 nitrogen and oxygen atoms in total. The van der Waals surface area contributed by atoms with Gasteiger partial charge in [-0.3, -0.25) is 0 Å². The van der Waals surface area contributed by atoms with Crippen LogP contribution >= 0.6 is 0 Å². The SMILES string of the molecule is Oc1ccccc1OC(c1ccccc1)C1CNCCO1. The summed E-state index contributed by atoms with van der Waals surface area (Å²) in [4.78, 5) is 0. The molecule has 2 aromatic rings. The molecule has 2 N–H and O–H groups in total. The molecule has 2 aromatic carbocycles. The van der Waals surface area contributed by atoms with Crippen LogP contribution in [0.25, 0.3) is 0 Å². The van der Waals surface area contributed by atoms with Crippen LogP contribution in [-0.4, -0.2) is 30.9 Å². The standard InChI is InChI=1S/C17H19NO3/c19-14-8-4-5-9-15(14)21-17(13-6-2-1-3-7-13)16-12-18-10-11-20-16/h1-9,16-19H,10-12H2. The second-order valence-corrected chi connectivity index (χ2v) is 5.03. The van der Waals surface area contributed by atoms with E-state index in [1.807, 2.05) is 36.4 Å². The van der Waals surface area contributed by atoms with Gasteiger partial charge in [0.15, 0.2) is 17.6 Å². The quantitative estimate of drug-likeness (QED) is 0.906. The number of phenols is 1. The van der Waals surface area contributed by atoms with Crippen LogP contribution in [0, 0.1) is 0 Å². The first-order chi connectivity index (χ1) is 10.3. The Bertz CT molecular complexity index is 567. The Morgan fingerprint density at radius 1 is 1.10 bits per heavy atom. The molecule has 1 aliphatic rings. The maximum atomic E-state index is 9.92. The van der Waals surface area contributed by atoms with Gasteiger partial charge in [-0.05, 0) is 17.7 Å². The number of aromatic hydroxyl groups is 1. The summed E-state index contributed by atoms with van der Waals surface area (Å²) < 4.78 is 11.9. The van der Waals surface area contributed by atoms with Gasteiger partial charge < -0.3 is 19.9 Å². The summed E-state index contributed by atoms with van der Waals surface area (Å²) >= 11 is 0. The van der Waals surface area contributed by atoms with E-state index in [9.17, 15) is 5.11 Å². The summed E-state index contributed by atoms with van der Waals surface area (Å²) in [6.07, 6.45) is -0.340. The number of para-hydroxylation sites is 2. The van der Waals surface area contributed by atoms with Crippen molar-refractivity contribution in [1.82, 2.24) is 5.32 Å². The molecule has 21 heavy (non-hydrogen) atoms. The highest BCUT2D eigenvalue weighted by atomic mass is 16.5. The predicted molar refractivity (Wildman–Crippen MR) is 80.5 cm³/mol. The molecule has 1 saturated heterocycles. The maximum Gasteiger partial charge on any atom is 0.162 e. The summed E-state index contributed by atoms with van der Waals surface area (Å²) in [6, 6.07) is 17.0. The Hall–Kier alpha value is -2.04. The highest BCUT2D eigenvalue weighted by Crippen LogP contribution is 2.32. The van der Waals surface area contributed by atoms with Crippen molar-refractivity contribution in [3.63, 3.8) is 0 Å². The van der Waals surface area contributed by atoms with Crippen LogP contribution in [0.1, 0.15) is 11.7 Å². The van der Waals surface area contributed by atoms with Gasteiger partial charge in [0, 0.05) is 13.1 Å². The third-order valence-corrected chi connectivity index (χ3v) is 3.54. The van der Waals surface area contributed by atoms with Crippen molar-refractivity contribution in [2.45, 2.75) is 12.2 Å². The molecule has 2 unspecified atom stereocenters. The average Bonchev–Trinajstić information content (AvgIpc) is 2.56. The molecule has 0 aliphatic carbocycles. The number of morpholine rings is 1. The second kappa shape index (κ2) is 6.61. The fourth-order valence-corrected chi connectivity index (χ4v) is 2.48. The molecule has 1 aliphatic heterocycles. The third kappa shape index (κ3) is 3.35. The minimum atomic E-state index is -0.257. The molecule has 110 valence electrons. The number of ether oxygens (including phenoxy) is 2. The van der Waals surface area contributed by atoms with E-state index in [0.29, 0.717) is 12.4 Å². The van der Waals surface area contributed by atoms with Crippen LogP contribution in [0.4, 0.5) is 0 Å². The first kappa shape index (κ1) is 13.9. The predicted octanol–water partition coefficient (Wildman–Crippen LogP) is 2.50. The Balaban J connectivity index is 1.87. The van der Waals surface area contributed by atoms with Gasteiger partial charge in [-0.1, -0.05) is 42.5 Å². The van der Waals surface area contributed by atoms with Crippen molar-refractivity contribution in [3.8, 4) is 11.5 Å². The number of hydrogen-bond acceptors (Lipinski definition) is 4. The molecule has 0 aromatic heterocycles. The molecule has 4 heteroatoms. The van der Waals surface area contributed by atoms with E-state index in [4.69, 9.17) is 9.47 Å². The molecule has 0 bridgehead atoms. The summed E-state index contributed by atoms with van der Waals surface area (Å²) in [5, 5.41) is 13.2. The van der Waals surface area contributed by atoms with Crippen LogP contribution in [0.3, 0.4) is 0 Å². The fraction of sp³-hybridized carbons (Fsp3) is 0.294. The lowest BCUT2D eigenvalue weighted by Gasteiger charge is -2.31. The third-order valence-electron chi connectivity index (χ3n) is 3.54. The Labute approximate surface area is 124 Å². The first-order valence-electron chi connectivity index (χ1n) is 7.16. The van der Waals surface area contributed by atoms with E-state index in [1.54, 1.807) is 18.2 Å². The van der Waals surface area contributed by atoms with Gasteiger partial charge in [-0.2, -0.15) is 0 Å². The smallest absolute Gasteiger partial charge is 0.162 e. The number of nitrogens with one attached hydrogen (secondary N) is 1. The minimum absolute atomic E-state index is 0.0826. The molecule has 1 fully saturated rings. The van der Waals surface area contributed by atoms with Crippen molar-refractivity contribution in [2.24, 2.45) is 0 Å². The van der Waals surface area contributed by atoms with Gasteiger partial charge in [0.1, 0.15) is 6.10 Å². The van der Waals surface area contributed by atoms with Gasteiger partial charge >= 0.3 is 0 Å². The van der Waals surface area contributed by atoms with Crippen molar-refractivity contribution >= 4 is 0 Å². The van der Waals surface area contributed by atoms with E-state index in [1.165, 1.54) is 0 Å². The molecule has 0 amide bonds. The number of hydrogen-bond donors (Lipinski definition) is 2. The molecule has 0 spiro atoms. The summed E-state index contributed by atoms with van der Waals surface area (Å²) in [5.41, 5.74) is 1.04. The number of benzene rings is 2. The largest absolute Gasteiger partial charge is 0.504 e. The maximum absolute atomic E-state index is 9.92. The van der Waals surface area contributed by atoms with Crippen LogP contribution in [-0.2, 0) is 4.74 Å². The van der Waals surface area contributed by atoms with Gasteiger partial charge in [-0.15, -0.1) is 0 Å². The average molecular weight is 285 g/mol. The molecule has 1 heterocycles. The Morgan fingerprint density at radius 2 is 1.86 bits per heavy atom. The topological polar surface area (TPSA) is 50.7 Å². The minimum Gasteiger partial charge on any atom is -0.504 e. The van der Waals surface area contributed by atoms with E-state index in [0.717, 1.165) is 18.7 Å². The highest BCUT2D eigenvalue weighted by Gasteiger charge is 2.28. The Morgan fingerprint density at radius 3 is 2.57 bits per heavy atom. The van der Waals surface area contributed by atoms with E-state index in [-0.39, 0.29) is 18.0 Å². The van der Waals surface area contributed by atoms with Crippen molar-refractivity contribution in [3.05, 3.63) is 60.2 Å². The summed E-state index contributed by atoms with van der Waals surface area (Å²) in [7, 11) is 0. The lowest BCUT2D eigenvalue weighted by Crippen LogP contribution is -2.43. The zero-order chi connectivity index (χ0) is 14.5. The molecule has 3 rings (SSSR count). The van der Waals surface area contributed by atoms with Crippen molar-refractivity contribution in [1.29, 1.82) is 0 Å². The second-order valence-electron chi connectivity index (χ2n) is 5.03. The number of phenolic OH excluding ortho intramolecular Hbond substituents is 1. The highest BCUT2D eigenvalue weighted by molar-refractivity contribution is 5.38. The van der Waals surface area contributed by atoms with Crippen LogP contribution in [0.15, 0.2) is 54.6 Å². The van der Waals surface area contributed by atoms with Gasteiger partial charge in [-0.25, -0.2) is 0 Å². The van der Waals surface area contributed by atoms with Crippen molar-refractivity contribution < 1.29 is 14.6 Å². The lowest BCUT2D eigenvalue weighted by molar-refractivity contribution is -0.0438. The van der Waals surface area contributed by atoms with Crippen LogP contribution < -0.4 is 10.1 Å². The Kier molecular flexibility index (Phi) is 4.38. The van der Waals surface area contributed by atoms with Crippen molar-refractivity contribution in [2.75, 3.05) is 19.7 Å². The fourth-order valence-electron chi connectivity index (χ4n) is 2.48. The van der Waals surface area contributed by atoms with Crippen LogP contribution in [0.2, 0.25) is 0 Å². The summed E-state index contributed by atoms with van der Waals surface area (Å²) in [6.45, 7) is 2.25. The zero-order valence-corrected chi connectivity index (χ0v) is 11.7. The molecule has 2 atom stereocenters. The molecule has 0 saturated carbocycles. The summed E-state index contributed by atoms with van der Waals surface area (Å²) in [5.74, 6) is 0.614. The number of rotatable bonds is 4. The van der Waals surface area contributed by atoms with E-state index >= 15 is 0 Å². The molecular formula is C17H19NO3. The van der Waals surface area contributed by atoms with E-state index in [2.05, 4.69) is 5.32 Å².